The number of rotatable bonds is 9. The van der Waals surface area contributed by atoms with E-state index in [0.29, 0.717) is 28.9 Å². The first kappa shape index (κ1) is 26.7. The zero-order valence-electron chi connectivity index (χ0n) is 23.5. The molecule has 2 aliphatic rings. The van der Waals surface area contributed by atoms with E-state index in [1.54, 1.807) is 6.07 Å². The Morgan fingerprint density at radius 3 is 2.48 bits per heavy atom. The van der Waals surface area contributed by atoms with Crippen molar-refractivity contribution < 1.29 is 8.91 Å². The fourth-order valence-electron chi connectivity index (χ4n) is 6.42. The predicted octanol–water partition coefficient (Wildman–Crippen LogP) is 6.28. The number of benzene rings is 1. The lowest BCUT2D eigenvalue weighted by Crippen LogP contribution is -2.31. The van der Waals surface area contributed by atoms with Crippen molar-refractivity contribution in [2.45, 2.75) is 90.6 Å². The van der Waals surface area contributed by atoms with Gasteiger partial charge in [-0.25, -0.2) is 24.1 Å². The molecular weight excluding hydrogens is 509 g/mol. The van der Waals surface area contributed by atoms with E-state index in [4.69, 9.17) is 19.5 Å². The maximum absolute atomic E-state index is 15.0. The van der Waals surface area contributed by atoms with E-state index in [1.165, 1.54) is 44.6 Å². The molecule has 0 bridgehead atoms. The number of halogens is 1. The third-order valence-corrected chi connectivity index (χ3v) is 9.25. The van der Waals surface area contributed by atoms with Crippen molar-refractivity contribution in [3.05, 3.63) is 52.0 Å². The van der Waals surface area contributed by atoms with Gasteiger partial charge in [-0.15, -0.1) is 0 Å². The van der Waals surface area contributed by atoms with Gasteiger partial charge in [0.2, 0.25) is 11.6 Å². The molecule has 2 atom stereocenters. The summed E-state index contributed by atoms with van der Waals surface area (Å²) in [4.78, 5) is 28.9. The van der Waals surface area contributed by atoms with Gasteiger partial charge in [-0.2, -0.15) is 0 Å². The smallest absolute Gasteiger partial charge is 0.365 e. The Morgan fingerprint density at radius 2 is 1.82 bits per heavy atom. The second kappa shape index (κ2) is 11.1. The van der Waals surface area contributed by atoms with E-state index in [1.807, 2.05) is 19.1 Å². The molecule has 2 aliphatic carbocycles. The highest BCUT2D eigenvalue weighted by atomic mass is 19.1. The number of nitrogens with one attached hydrogen (secondary N) is 2. The molecule has 1 aromatic carbocycles. The van der Waals surface area contributed by atoms with Crippen molar-refractivity contribution in [2.75, 3.05) is 5.32 Å². The van der Waals surface area contributed by atoms with Gasteiger partial charge >= 0.3 is 5.76 Å². The third kappa shape index (κ3) is 5.15. The molecule has 3 aromatic heterocycles. The van der Waals surface area contributed by atoms with Crippen LogP contribution in [-0.4, -0.2) is 35.7 Å². The highest BCUT2D eigenvalue weighted by Gasteiger charge is 2.30. The largest absolute Gasteiger partial charge is 0.439 e. The average molecular weight is 548 g/mol. The van der Waals surface area contributed by atoms with Crippen molar-refractivity contribution in [1.29, 1.82) is 0 Å². The number of aromatic nitrogens is 6. The fourth-order valence-corrected chi connectivity index (χ4v) is 6.42. The number of anilines is 1. The Bertz CT molecular complexity index is 1530. The average Bonchev–Trinajstić information content (AvgIpc) is 3.51. The van der Waals surface area contributed by atoms with Crippen LogP contribution in [0.2, 0.25) is 0 Å². The van der Waals surface area contributed by atoms with Crippen LogP contribution in [0.1, 0.15) is 89.4 Å². The highest BCUT2D eigenvalue weighted by Crippen LogP contribution is 2.37. The summed E-state index contributed by atoms with van der Waals surface area (Å²) in [6.45, 7) is 7.24. The van der Waals surface area contributed by atoms with Gasteiger partial charge in [-0.3, -0.25) is 9.51 Å². The number of hydrogen-bond donors (Lipinski definition) is 2. The van der Waals surface area contributed by atoms with E-state index in [-0.39, 0.29) is 29.4 Å². The quantitative estimate of drug-likeness (QED) is 0.253. The predicted molar refractivity (Wildman–Crippen MR) is 152 cm³/mol. The van der Waals surface area contributed by atoms with Crippen LogP contribution in [0.5, 0.6) is 0 Å². The summed E-state index contributed by atoms with van der Waals surface area (Å²) in [6, 6.07) is 7.09. The molecule has 212 valence electrons. The van der Waals surface area contributed by atoms with Gasteiger partial charge in [0, 0.05) is 18.5 Å². The van der Waals surface area contributed by atoms with Gasteiger partial charge in [0.1, 0.15) is 17.2 Å². The summed E-state index contributed by atoms with van der Waals surface area (Å²) < 4.78 is 22.0. The fraction of sp³-hybridized carbons (Fsp3) is 0.567. The Morgan fingerprint density at radius 1 is 1.07 bits per heavy atom. The maximum Gasteiger partial charge on any atom is 0.439 e. The minimum atomic E-state index is -0.668. The van der Waals surface area contributed by atoms with Crippen LogP contribution in [0, 0.1) is 23.6 Å². The second-order valence-corrected chi connectivity index (χ2v) is 11.8. The first-order valence-electron chi connectivity index (χ1n) is 14.8. The molecular formula is C30H38FN7O2. The molecule has 0 saturated heterocycles. The molecule has 2 N–H and O–H groups in total. The summed E-state index contributed by atoms with van der Waals surface area (Å²) in [5.74, 6) is 2.45. The number of hydrogen-bond acceptors (Lipinski definition) is 7. The van der Waals surface area contributed by atoms with Crippen LogP contribution in [0.3, 0.4) is 0 Å². The lowest BCUT2D eigenvalue weighted by Gasteiger charge is -2.32. The molecule has 0 amide bonds. The lowest BCUT2D eigenvalue weighted by atomic mass is 9.80. The van der Waals surface area contributed by atoms with Crippen molar-refractivity contribution in [2.24, 2.45) is 17.8 Å². The summed E-state index contributed by atoms with van der Waals surface area (Å²) in [5.41, 5.74) is 1.91. The van der Waals surface area contributed by atoms with Gasteiger partial charge in [-0.1, -0.05) is 62.9 Å². The van der Waals surface area contributed by atoms with Crippen LogP contribution in [-0.2, 0) is 6.54 Å². The zero-order chi connectivity index (χ0) is 27.8. The van der Waals surface area contributed by atoms with Gasteiger partial charge in [-0.05, 0) is 62.0 Å². The van der Waals surface area contributed by atoms with Crippen molar-refractivity contribution >= 4 is 17.0 Å². The van der Waals surface area contributed by atoms with Gasteiger partial charge in [0.15, 0.2) is 11.5 Å². The number of nitrogens with zero attached hydrogens (tertiary/aromatic N) is 5. The topological polar surface area (TPSA) is 115 Å². The van der Waals surface area contributed by atoms with E-state index >= 15 is 0 Å². The number of H-pyrrole nitrogens is 1. The molecule has 40 heavy (non-hydrogen) atoms. The third-order valence-electron chi connectivity index (χ3n) is 9.25. The van der Waals surface area contributed by atoms with E-state index in [9.17, 15) is 9.18 Å². The Hall–Kier alpha value is -3.56. The SMILES string of the molecule is CCC1CCC(Cn2c(C(C)c3ccccc3F)nc3nc(-c4noc(=O)[nH]4)nc(NC(C)C4CCC4)c32)CC1. The molecule has 3 heterocycles. The first-order chi connectivity index (χ1) is 19.4. The first-order valence-corrected chi connectivity index (χ1v) is 14.8. The van der Waals surface area contributed by atoms with Crippen LogP contribution in [0.4, 0.5) is 10.2 Å². The molecule has 2 fully saturated rings. The van der Waals surface area contributed by atoms with Gasteiger partial charge in [0.05, 0.1) is 0 Å². The lowest BCUT2D eigenvalue weighted by molar-refractivity contribution is 0.247. The molecule has 4 aromatic rings. The maximum atomic E-state index is 15.0. The number of fused-ring (bicyclic) bond motifs is 1. The Kier molecular flexibility index (Phi) is 7.42. The molecule has 0 aliphatic heterocycles. The highest BCUT2D eigenvalue weighted by molar-refractivity contribution is 5.86. The molecule has 0 radical (unpaired) electrons. The van der Waals surface area contributed by atoms with Crippen LogP contribution < -0.4 is 11.1 Å². The van der Waals surface area contributed by atoms with E-state index in [2.05, 4.69) is 33.9 Å². The summed E-state index contributed by atoms with van der Waals surface area (Å²) in [5, 5.41) is 7.49. The molecule has 9 nitrogen and oxygen atoms in total. The molecule has 10 heteroatoms. The summed E-state index contributed by atoms with van der Waals surface area (Å²) in [6.07, 6.45) is 9.61. The standard InChI is InChI=1S/C30H38FN7O2/c1-4-19-12-14-20(15-13-19)16-38-24-25(32-18(3)21-8-7-9-21)33-27(28-36-30(39)40-37-28)34-26(24)35-29(38)17(2)22-10-5-6-11-23(22)31/h5-6,10-11,17-21H,4,7-9,12-16H2,1-3H3,(H,32,33,34)(H,36,37,39). The van der Waals surface area contributed by atoms with Crippen molar-refractivity contribution in [3.8, 4) is 11.6 Å². The molecule has 2 unspecified atom stereocenters. The number of imidazole rings is 1. The molecule has 0 spiro atoms. The van der Waals surface area contributed by atoms with Crippen LogP contribution in [0.25, 0.3) is 22.8 Å². The Balaban J connectivity index is 1.49. The monoisotopic (exact) mass is 547 g/mol. The second-order valence-electron chi connectivity index (χ2n) is 11.8. The minimum Gasteiger partial charge on any atom is -0.365 e. The summed E-state index contributed by atoms with van der Waals surface area (Å²) >= 11 is 0. The van der Waals surface area contributed by atoms with Crippen molar-refractivity contribution in [1.82, 2.24) is 29.7 Å². The normalized spacial score (nSPS) is 21.3. The Labute approximate surface area is 233 Å². The summed E-state index contributed by atoms with van der Waals surface area (Å²) in [7, 11) is 0. The number of aromatic amines is 1. The van der Waals surface area contributed by atoms with Gasteiger partial charge in [0.25, 0.3) is 0 Å². The minimum absolute atomic E-state index is 0.155. The van der Waals surface area contributed by atoms with Gasteiger partial charge < -0.3 is 9.88 Å². The van der Waals surface area contributed by atoms with Crippen molar-refractivity contribution in [3.63, 3.8) is 0 Å². The molecule has 2 saturated carbocycles. The zero-order valence-corrected chi connectivity index (χ0v) is 23.5. The molecule has 6 rings (SSSR count). The van der Waals surface area contributed by atoms with Crippen LogP contribution >= 0.6 is 0 Å². The van der Waals surface area contributed by atoms with Crippen LogP contribution in [0.15, 0.2) is 33.6 Å². The van der Waals surface area contributed by atoms with E-state index in [0.717, 1.165) is 36.6 Å². The van der Waals surface area contributed by atoms with E-state index < -0.39 is 5.76 Å².